The molecule has 0 aliphatic rings. The van der Waals surface area contributed by atoms with Gasteiger partial charge in [0.15, 0.2) is 6.10 Å². The first-order valence-corrected chi connectivity index (χ1v) is 6.41. The number of nitro groups is 1. The normalized spacial score (nSPS) is 12.0. The molecule has 21 heavy (non-hydrogen) atoms. The average Bonchev–Trinajstić information content (AvgIpc) is 2.87. The van der Waals surface area contributed by atoms with E-state index in [9.17, 15) is 14.9 Å². The number of aryl methyl sites for hydroxylation is 1. The second-order valence-electron chi connectivity index (χ2n) is 4.71. The highest BCUT2D eigenvalue weighted by atomic mass is 16.6. The molecule has 0 aliphatic heterocycles. The van der Waals surface area contributed by atoms with Crippen LogP contribution in [0, 0.1) is 17.0 Å². The predicted octanol–water partition coefficient (Wildman–Crippen LogP) is 3.79. The van der Waals surface area contributed by atoms with Crippen LogP contribution in [0.1, 0.15) is 31.3 Å². The first-order valence-electron chi connectivity index (χ1n) is 6.41. The van der Waals surface area contributed by atoms with E-state index in [0.717, 1.165) is 11.1 Å². The lowest BCUT2D eigenvalue weighted by Gasteiger charge is -2.08. The number of benzene rings is 1. The van der Waals surface area contributed by atoms with Crippen molar-refractivity contribution in [2.75, 3.05) is 0 Å². The number of furan rings is 1. The molecule has 1 aromatic heterocycles. The van der Waals surface area contributed by atoms with Gasteiger partial charge in [0.1, 0.15) is 11.5 Å². The fourth-order valence-electron chi connectivity index (χ4n) is 2.06. The van der Waals surface area contributed by atoms with Gasteiger partial charge in [-0.1, -0.05) is 0 Å². The van der Waals surface area contributed by atoms with Crippen LogP contribution in [0.3, 0.4) is 0 Å². The average molecular weight is 289 g/mol. The highest BCUT2D eigenvalue weighted by molar-refractivity contribution is 5.66. The molecule has 1 aromatic carbocycles. The van der Waals surface area contributed by atoms with E-state index in [0.29, 0.717) is 11.5 Å². The van der Waals surface area contributed by atoms with E-state index in [-0.39, 0.29) is 11.7 Å². The molecule has 0 saturated carbocycles. The van der Waals surface area contributed by atoms with Crippen molar-refractivity contribution in [3.05, 3.63) is 51.8 Å². The number of hydrogen-bond donors (Lipinski definition) is 0. The van der Waals surface area contributed by atoms with Crippen molar-refractivity contribution in [3.8, 4) is 11.3 Å². The van der Waals surface area contributed by atoms with Gasteiger partial charge in [-0.3, -0.25) is 14.9 Å². The summed E-state index contributed by atoms with van der Waals surface area (Å²) in [5.74, 6) is 0.723. The molecule has 0 amide bonds. The van der Waals surface area contributed by atoms with Gasteiger partial charge in [0.25, 0.3) is 5.69 Å². The molecule has 2 rings (SSSR count). The minimum Gasteiger partial charge on any atom is -0.457 e. The summed E-state index contributed by atoms with van der Waals surface area (Å²) in [5.41, 5.74) is 1.54. The molecule has 0 fully saturated rings. The van der Waals surface area contributed by atoms with E-state index >= 15 is 0 Å². The topological polar surface area (TPSA) is 82.6 Å². The molecule has 0 radical (unpaired) electrons. The summed E-state index contributed by atoms with van der Waals surface area (Å²) >= 11 is 0. The van der Waals surface area contributed by atoms with Crippen LogP contribution in [-0.2, 0) is 9.53 Å². The maximum Gasteiger partial charge on any atom is 0.303 e. The number of nitro benzene ring substituents is 1. The molecule has 6 nitrogen and oxygen atoms in total. The zero-order valence-electron chi connectivity index (χ0n) is 12.0. The highest BCUT2D eigenvalue weighted by Gasteiger charge is 2.16. The zero-order valence-corrected chi connectivity index (χ0v) is 12.0. The van der Waals surface area contributed by atoms with Gasteiger partial charge < -0.3 is 9.15 Å². The Morgan fingerprint density at radius 2 is 2.05 bits per heavy atom. The van der Waals surface area contributed by atoms with Crippen molar-refractivity contribution >= 4 is 11.7 Å². The fourth-order valence-corrected chi connectivity index (χ4v) is 2.06. The monoisotopic (exact) mass is 289 g/mol. The van der Waals surface area contributed by atoms with Gasteiger partial charge >= 0.3 is 5.97 Å². The summed E-state index contributed by atoms with van der Waals surface area (Å²) in [7, 11) is 0. The van der Waals surface area contributed by atoms with Crippen LogP contribution in [0.5, 0.6) is 0 Å². The highest BCUT2D eigenvalue weighted by Crippen LogP contribution is 2.30. The van der Waals surface area contributed by atoms with Crippen LogP contribution in [0.15, 0.2) is 34.7 Å². The summed E-state index contributed by atoms with van der Waals surface area (Å²) in [6.45, 7) is 4.83. The molecule has 0 bridgehead atoms. The summed E-state index contributed by atoms with van der Waals surface area (Å²) < 4.78 is 10.7. The third kappa shape index (κ3) is 3.28. The molecular weight excluding hydrogens is 274 g/mol. The molecular formula is C15H15NO5. The Morgan fingerprint density at radius 1 is 1.33 bits per heavy atom. The minimum absolute atomic E-state index is 0.0383. The number of carbonyl (C=O) groups excluding carboxylic acids is 1. The second-order valence-corrected chi connectivity index (χ2v) is 4.71. The van der Waals surface area contributed by atoms with E-state index < -0.39 is 11.0 Å². The molecule has 110 valence electrons. The lowest BCUT2D eigenvalue weighted by atomic mass is 10.1. The molecule has 0 saturated heterocycles. The van der Waals surface area contributed by atoms with Crippen LogP contribution in [-0.4, -0.2) is 10.9 Å². The standard InChI is InChI=1S/C15H15NO5/c1-9-8-12(16(18)19)4-5-13(9)15-7-6-14(21-15)10(2)20-11(3)17/h4-8,10H,1-3H3/t10-/m1/s1. The van der Waals surface area contributed by atoms with E-state index in [4.69, 9.17) is 9.15 Å². The van der Waals surface area contributed by atoms with Crippen molar-refractivity contribution in [1.29, 1.82) is 0 Å². The number of rotatable bonds is 4. The third-order valence-corrected chi connectivity index (χ3v) is 3.06. The first kappa shape index (κ1) is 14.8. The van der Waals surface area contributed by atoms with Crippen molar-refractivity contribution in [1.82, 2.24) is 0 Å². The van der Waals surface area contributed by atoms with Crippen LogP contribution in [0.25, 0.3) is 11.3 Å². The maximum absolute atomic E-state index is 10.9. The lowest BCUT2D eigenvalue weighted by Crippen LogP contribution is -2.03. The molecule has 0 N–H and O–H groups in total. The van der Waals surface area contributed by atoms with E-state index in [1.54, 1.807) is 32.0 Å². The SMILES string of the molecule is CC(=O)O[C@H](C)c1ccc(-c2ccc([N+](=O)[O-])cc2C)o1. The van der Waals surface area contributed by atoms with Crippen molar-refractivity contribution in [2.45, 2.75) is 26.9 Å². The van der Waals surface area contributed by atoms with Crippen LogP contribution >= 0.6 is 0 Å². The van der Waals surface area contributed by atoms with E-state index in [2.05, 4.69) is 0 Å². The summed E-state index contributed by atoms with van der Waals surface area (Å²) in [6.07, 6.45) is -0.477. The van der Waals surface area contributed by atoms with E-state index in [1.165, 1.54) is 19.1 Å². The number of ether oxygens (including phenoxy) is 1. The van der Waals surface area contributed by atoms with Gasteiger partial charge in [-0.05, 0) is 37.6 Å². The minimum atomic E-state index is -0.477. The number of hydrogen-bond acceptors (Lipinski definition) is 5. The Balaban J connectivity index is 2.29. The number of carbonyl (C=O) groups is 1. The molecule has 1 atom stereocenters. The van der Waals surface area contributed by atoms with Gasteiger partial charge in [-0.25, -0.2) is 0 Å². The van der Waals surface area contributed by atoms with Gasteiger partial charge in [0.2, 0.25) is 0 Å². The molecule has 0 aliphatic carbocycles. The van der Waals surface area contributed by atoms with Crippen LogP contribution < -0.4 is 0 Å². The maximum atomic E-state index is 10.9. The summed E-state index contributed by atoms with van der Waals surface area (Å²) in [6, 6.07) is 8.05. The summed E-state index contributed by atoms with van der Waals surface area (Å²) in [4.78, 5) is 21.2. The molecule has 1 heterocycles. The van der Waals surface area contributed by atoms with Crippen molar-refractivity contribution in [3.63, 3.8) is 0 Å². The van der Waals surface area contributed by atoms with Crippen molar-refractivity contribution in [2.24, 2.45) is 0 Å². The zero-order chi connectivity index (χ0) is 15.6. The molecule has 0 unspecified atom stereocenters. The Hall–Kier alpha value is -2.63. The van der Waals surface area contributed by atoms with Gasteiger partial charge in [-0.2, -0.15) is 0 Å². The molecule has 6 heteroatoms. The van der Waals surface area contributed by atoms with Gasteiger partial charge in [-0.15, -0.1) is 0 Å². The van der Waals surface area contributed by atoms with Crippen molar-refractivity contribution < 1.29 is 18.9 Å². The Kier molecular flexibility index (Phi) is 4.07. The number of non-ortho nitro benzene ring substituents is 1. The van der Waals surface area contributed by atoms with Crippen LogP contribution in [0.2, 0.25) is 0 Å². The third-order valence-electron chi connectivity index (χ3n) is 3.06. The summed E-state index contributed by atoms with van der Waals surface area (Å²) in [5, 5.41) is 10.7. The first-order chi connectivity index (χ1) is 9.88. The second kappa shape index (κ2) is 5.78. The Morgan fingerprint density at radius 3 is 2.62 bits per heavy atom. The van der Waals surface area contributed by atoms with Crippen LogP contribution in [0.4, 0.5) is 5.69 Å². The van der Waals surface area contributed by atoms with Gasteiger partial charge in [0, 0.05) is 24.6 Å². The lowest BCUT2D eigenvalue weighted by molar-refractivity contribution is -0.384. The number of nitrogens with zero attached hydrogens (tertiary/aromatic N) is 1. The fraction of sp³-hybridized carbons (Fsp3) is 0.267. The largest absolute Gasteiger partial charge is 0.457 e. The Labute approximate surface area is 121 Å². The molecule has 2 aromatic rings. The molecule has 0 spiro atoms. The van der Waals surface area contributed by atoms with Gasteiger partial charge in [0.05, 0.1) is 4.92 Å². The Bertz CT molecular complexity index is 689. The predicted molar refractivity (Wildman–Crippen MR) is 75.7 cm³/mol. The van der Waals surface area contributed by atoms with E-state index in [1.807, 2.05) is 0 Å². The number of esters is 1. The quantitative estimate of drug-likeness (QED) is 0.486. The smallest absolute Gasteiger partial charge is 0.303 e.